The van der Waals surface area contributed by atoms with E-state index in [2.05, 4.69) is 5.32 Å². The number of aliphatic hydroxyl groups is 1. The first-order valence-corrected chi connectivity index (χ1v) is 7.61. The van der Waals surface area contributed by atoms with Crippen molar-refractivity contribution in [3.8, 4) is 11.5 Å². The second-order valence-corrected chi connectivity index (χ2v) is 5.68. The highest BCUT2D eigenvalue weighted by atomic mass is 35.5. The molecule has 0 fully saturated rings. The molecule has 20 heavy (non-hydrogen) atoms. The van der Waals surface area contributed by atoms with Crippen molar-refractivity contribution < 1.29 is 19.7 Å². The van der Waals surface area contributed by atoms with Gasteiger partial charge in [-0.3, -0.25) is 4.79 Å². The molecule has 1 aromatic rings. The van der Waals surface area contributed by atoms with E-state index >= 15 is 0 Å². The minimum atomic E-state index is -0.301. The number of aliphatic hydroxyl groups excluding tert-OH is 1. The maximum atomic E-state index is 11.1. The van der Waals surface area contributed by atoms with Gasteiger partial charge in [-0.15, -0.1) is 0 Å². The van der Waals surface area contributed by atoms with Crippen LogP contribution in [0, 0.1) is 6.92 Å². The number of hydrogen-bond acceptors (Lipinski definition) is 5. The molecule has 0 bridgehead atoms. The second-order valence-electron chi connectivity index (χ2n) is 4.08. The van der Waals surface area contributed by atoms with Gasteiger partial charge in [-0.2, -0.15) is 11.8 Å². The summed E-state index contributed by atoms with van der Waals surface area (Å²) in [5.74, 6) is 1.44. The fourth-order valence-corrected chi connectivity index (χ4v) is 2.25. The zero-order valence-corrected chi connectivity index (χ0v) is 13.0. The first kappa shape index (κ1) is 16.9. The predicted octanol–water partition coefficient (Wildman–Crippen LogP) is 2.42. The third-order valence-corrected chi connectivity index (χ3v) is 3.86. The van der Waals surface area contributed by atoms with E-state index in [1.807, 2.05) is 0 Å². The average molecular weight is 320 g/mol. The molecule has 3 N–H and O–H groups in total. The molecule has 0 spiro atoms. The van der Waals surface area contributed by atoms with Crippen LogP contribution < -0.4 is 10.1 Å². The number of phenolic OH excluding ortho intramolecular Hbond substituents is 1. The number of carbonyl (C=O) groups is 1. The molecule has 0 radical (unpaired) electrons. The van der Waals surface area contributed by atoms with Gasteiger partial charge in [0.15, 0.2) is 5.75 Å². The minimum absolute atomic E-state index is 0.140. The molecular weight excluding hydrogens is 302 g/mol. The Hall–Kier alpha value is -1.11. The van der Waals surface area contributed by atoms with Crippen molar-refractivity contribution in [1.29, 1.82) is 0 Å². The molecule has 7 heteroatoms. The molecule has 1 rings (SSSR count). The SMILES string of the molecule is CC(=O)Nc1cc(OCCSCCO)c(C)c(Cl)c1O. The Morgan fingerprint density at radius 1 is 1.50 bits per heavy atom. The largest absolute Gasteiger partial charge is 0.504 e. The molecule has 0 aliphatic rings. The summed E-state index contributed by atoms with van der Waals surface area (Å²) in [6.07, 6.45) is 0. The van der Waals surface area contributed by atoms with Gasteiger partial charge in [-0.25, -0.2) is 0 Å². The summed E-state index contributed by atoms with van der Waals surface area (Å²) in [6, 6.07) is 1.55. The molecule has 0 atom stereocenters. The van der Waals surface area contributed by atoms with Crippen LogP contribution in [0.2, 0.25) is 5.02 Å². The smallest absolute Gasteiger partial charge is 0.221 e. The quantitative estimate of drug-likeness (QED) is 0.531. The van der Waals surface area contributed by atoms with E-state index in [1.165, 1.54) is 6.92 Å². The Morgan fingerprint density at radius 3 is 2.80 bits per heavy atom. The van der Waals surface area contributed by atoms with Crippen LogP contribution in [0.15, 0.2) is 6.07 Å². The molecule has 0 saturated carbocycles. The van der Waals surface area contributed by atoms with E-state index in [-0.39, 0.29) is 29.0 Å². The zero-order valence-electron chi connectivity index (χ0n) is 11.4. The first-order valence-electron chi connectivity index (χ1n) is 6.08. The Labute approximate surface area is 127 Å². The lowest BCUT2D eigenvalue weighted by Crippen LogP contribution is -2.08. The van der Waals surface area contributed by atoms with Gasteiger partial charge < -0.3 is 20.3 Å². The van der Waals surface area contributed by atoms with E-state index in [9.17, 15) is 9.90 Å². The number of nitrogens with one attached hydrogen (secondary N) is 1. The van der Waals surface area contributed by atoms with E-state index < -0.39 is 0 Å². The number of carbonyl (C=O) groups excluding carboxylic acids is 1. The average Bonchev–Trinajstić information content (AvgIpc) is 2.40. The van der Waals surface area contributed by atoms with E-state index in [0.29, 0.717) is 23.7 Å². The van der Waals surface area contributed by atoms with Crippen molar-refractivity contribution in [2.75, 3.05) is 30.0 Å². The van der Waals surface area contributed by atoms with Gasteiger partial charge in [-0.05, 0) is 6.92 Å². The Bertz CT molecular complexity index is 482. The van der Waals surface area contributed by atoms with Gasteiger partial charge in [0, 0.05) is 30.1 Å². The number of anilines is 1. The van der Waals surface area contributed by atoms with Gasteiger partial charge in [0.05, 0.1) is 23.9 Å². The molecular formula is C13H18ClNO4S. The van der Waals surface area contributed by atoms with Crippen LogP contribution >= 0.6 is 23.4 Å². The Balaban J connectivity index is 2.79. The van der Waals surface area contributed by atoms with Crippen LogP contribution in [0.1, 0.15) is 12.5 Å². The van der Waals surface area contributed by atoms with Crippen LogP contribution in [0.25, 0.3) is 0 Å². The number of phenols is 1. The number of halogens is 1. The number of amides is 1. The topological polar surface area (TPSA) is 78.8 Å². The molecule has 0 heterocycles. The summed E-state index contributed by atoms with van der Waals surface area (Å²) < 4.78 is 5.59. The van der Waals surface area contributed by atoms with E-state index in [1.54, 1.807) is 24.8 Å². The maximum Gasteiger partial charge on any atom is 0.221 e. The molecule has 1 amide bonds. The van der Waals surface area contributed by atoms with E-state index in [0.717, 1.165) is 5.75 Å². The van der Waals surface area contributed by atoms with Crippen molar-refractivity contribution in [3.05, 3.63) is 16.7 Å². The normalized spacial score (nSPS) is 10.4. The maximum absolute atomic E-state index is 11.1. The van der Waals surface area contributed by atoms with E-state index in [4.69, 9.17) is 21.4 Å². The molecule has 112 valence electrons. The monoisotopic (exact) mass is 319 g/mol. The first-order chi connectivity index (χ1) is 9.47. The predicted molar refractivity (Wildman–Crippen MR) is 82.1 cm³/mol. The highest BCUT2D eigenvalue weighted by Gasteiger charge is 2.15. The molecule has 0 aliphatic carbocycles. The van der Waals surface area contributed by atoms with Gasteiger partial charge in [-0.1, -0.05) is 11.6 Å². The fraction of sp³-hybridized carbons (Fsp3) is 0.462. The van der Waals surface area contributed by atoms with Crippen molar-refractivity contribution >= 4 is 35.0 Å². The number of thioether (sulfide) groups is 1. The van der Waals surface area contributed by atoms with Crippen LogP contribution in [-0.4, -0.2) is 40.8 Å². The third-order valence-electron chi connectivity index (χ3n) is 2.47. The second kappa shape index (κ2) is 8.24. The van der Waals surface area contributed by atoms with Gasteiger partial charge in [0.2, 0.25) is 5.91 Å². The summed E-state index contributed by atoms with van der Waals surface area (Å²) in [4.78, 5) is 11.1. The van der Waals surface area contributed by atoms with Gasteiger partial charge in [0.25, 0.3) is 0 Å². The summed E-state index contributed by atoms with van der Waals surface area (Å²) >= 11 is 7.59. The number of ether oxygens (including phenoxy) is 1. The number of benzene rings is 1. The lowest BCUT2D eigenvalue weighted by molar-refractivity contribution is -0.114. The molecule has 0 aromatic heterocycles. The Kier molecular flexibility index (Phi) is 6.98. The number of aromatic hydroxyl groups is 1. The van der Waals surface area contributed by atoms with Crippen LogP contribution in [0.5, 0.6) is 11.5 Å². The molecule has 0 unspecified atom stereocenters. The molecule has 0 aliphatic heterocycles. The van der Waals surface area contributed by atoms with Crippen LogP contribution in [0.3, 0.4) is 0 Å². The minimum Gasteiger partial charge on any atom is -0.504 e. The number of rotatable bonds is 7. The highest BCUT2D eigenvalue weighted by Crippen LogP contribution is 2.40. The Morgan fingerprint density at radius 2 is 2.20 bits per heavy atom. The summed E-state index contributed by atoms with van der Waals surface area (Å²) in [5, 5.41) is 21.2. The van der Waals surface area contributed by atoms with Gasteiger partial charge in [0.1, 0.15) is 5.75 Å². The molecule has 0 saturated heterocycles. The lowest BCUT2D eigenvalue weighted by atomic mass is 10.1. The van der Waals surface area contributed by atoms with Crippen molar-refractivity contribution in [2.24, 2.45) is 0 Å². The highest BCUT2D eigenvalue weighted by molar-refractivity contribution is 7.99. The van der Waals surface area contributed by atoms with Gasteiger partial charge >= 0.3 is 0 Å². The summed E-state index contributed by atoms with van der Waals surface area (Å²) in [6.45, 7) is 3.67. The van der Waals surface area contributed by atoms with Crippen molar-refractivity contribution in [1.82, 2.24) is 0 Å². The molecule has 5 nitrogen and oxygen atoms in total. The van der Waals surface area contributed by atoms with Crippen LogP contribution in [0.4, 0.5) is 5.69 Å². The lowest BCUT2D eigenvalue weighted by Gasteiger charge is -2.14. The zero-order chi connectivity index (χ0) is 15.1. The summed E-state index contributed by atoms with van der Waals surface area (Å²) in [7, 11) is 0. The van der Waals surface area contributed by atoms with Crippen molar-refractivity contribution in [2.45, 2.75) is 13.8 Å². The van der Waals surface area contributed by atoms with Crippen molar-refractivity contribution in [3.63, 3.8) is 0 Å². The fourth-order valence-electron chi connectivity index (χ4n) is 1.52. The summed E-state index contributed by atoms with van der Waals surface area (Å²) in [5.41, 5.74) is 0.844. The number of hydrogen-bond donors (Lipinski definition) is 3. The molecule has 1 aromatic carbocycles. The van der Waals surface area contributed by atoms with Crippen LogP contribution in [-0.2, 0) is 4.79 Å². The standard InChI is InChI=1S/C13H18ClNO4S/c1-8-11(19-4-6-20-5-3-16)7-10(15-9(2)17)13(18)12(8)14/h7,16,18H,3-6H2,1-2H3,(H,15,17). The third kappa shape index (κ3) is 4.77.